The molecule has 0 spiro atoms. The van der Waals surface area contributed by atoms with E-state index in [1.807, 2.05) is 25.1 Å². The number of aryl methyl sites for hydroxylation is 1. The molecule has 2 amide bonds. The van der Waals surface area contributed by atoms with Crippen LogP contribution in [-0.2, 0) is 22.6 Å². The Labute approximate surface area is 176 Å². The second-order valence-corrected chi connectivity index (χ2v) is 7.20. The second-order valence-electron chi connectivity index (χ2n) is 7.20. The van der Waals surface area contributed by atoms with Crippen molar-refractivity contribution in [2.45, 2.75) is 39.3 Å². The first kappa shape index (κ1) is 21.6. The van der Waals surface area contributed by atoms with Gasteiger partial charge in [0.1, 0.15) is 25.1 Å². The van der Waals surface area contributed by atoms with E-state index in [-0.39, 0.29) is 30.6 Å². The lowest BCUT2D eigenvalue weighted by atomic mass is 10.1. The predicted molar refractivity (Wildman–Crippen MR) is 111 cm³/mol. The van der Waals surface area contributed by atoms with Crippen LogP contribution in [-0.4, -0.2) is 42.5 Å². The molecule has 2 aromatic carbocycles. The van der Waals surface area contributed by atoms with Gasteiger partial charge in [0.15, 0.2) is 11.5 Å². The maximum Gasteiger partial charge on any atom is 0.242 e. The van der Waals surface area contributed by atoms with E-state index in [9.17, 15) is 14.0 Å². The number of rotatable bonds is 8. The van der Waals surface area contributed by atoms with Crippen molar-refractivity contribution >= 4 is 11.8 Å². The van der Waals surface area contributed by atoms with Crippen molar-refractivity contribution in [2.24, 2.45) is 0 Å². The third kappa shape index (κ3) is 5.49. The van der Waals surface area contributed by atoms with Gasteiger partial charge in [0, 0.05) is 19.5 Å². The normalized spacial score (nSPS) is 13.4. The number of fused-ring (bicyclic) bond motifs is 1. The highest BCUT2D eigenvalue weighted by Crippen LogP contribution is 2.31. The smallest absolute Gasteiger partial charge is 0.242 e. The fourth-order valence-electron chi connectivity index (χ4n) is 3.33. The standard InChI is InChI=1S/C23H27FN2O4/c1-3-25-23(28)16(2)26(15-18-4-8-19(24)9-5-18)22(27)11-7-17-6-10-20-21(14-17)30-13-12-29-20/h4-6,8-10,14,16H,3,7,11-13,15H2,1-2H3,(H,25,28). The van der Waals surface area contributed by atoms with Gasteiger partial charge < -0.3 is 19.7 Å². The molecule has 1 atom stereocenters. The van der Waals surface area contributed by atoms with Gasteiger partial charge in [-0.1, -0.05) is 18.2 Å². The zero-order chi connectivity index (χ0) is 21.5. The maximum absolute atomic E-state index is 13.2. The number of carbonyl (C=O) groups excluding carboxylic acids is 2. The van der Waals surface area contributed by atoms with Crippen molar-refractivity contribution < 1.29 is 23.5 Å². The topological polar surface area (TPSA) is 67.9 Å². The second kappa shape index (κ2) is 10.1. The molecule has 1 aliphatic heterocycles. The van der Waals surface area contributed by atoms with E-state index in [0.29, 0.717) is 37.7 Å². The van der Waals surface area contributed by atoms with Gasteiger partial charge >= 0.3 is 0 Å². The summed E-state index contributed by atoms with van der Waals surface area (Å²) in [6.45, 7) is 5.29. The molecule has 0 bridgehead atoms. The molecule has 2 aromatic rings. The predicted octanol–water partition coefficient (Wildman–Crippen LogP) is 3.08. The van der Waals surface area contributed by atoms with E-state index in [4.69, 9.17) is 9.47 Å². The van der Waals surface area contributed by atoms with E-state index < -0.39 is 6.04 Å². The molecule has 0 saturated carbocycles. The van der Waals surface area contributed by atoms with Crippen LogP contribution in [0.4, 0.5) is 4.39 Å². The number of likely N-dealkylation sites (N-methyl/N-ethyl adjacent to an activating group) is 1. The first-order chi connectivity index (χ1) is 14.5. The first-order valence-corrected chi connectivity index (χ1v) is 10.2. The zero-order valence-corrected chi connectivity index (χ0v) is 17.3. The number of benzene rings is 2. The number of hydrogen-bond donors (Lipinski definition) is 1. The van der Waals surface area contributed by atoms with Crippen LogP contribution in [0.3, 0.4) is 0 Å². The van der Waals surface area contributed by atoms with Gasteiger partial charge in [0.05, 0.1) is 0 Å². The molecule has 1 N–H and O–H groups in total. The molecule has 6 nitrogen and oxygen atoms in total. The molecule has 0 saturated heterocycles. The minimum atomic E-state index is -0.636. The van der Waals surface area contributed by atoms with Crippen LogP contribution in [0.2, 0.25) is 0 Å². The van der Waals surface area contributed by atoms with E-state index in [2.05, 4.69) is 5.32 Å². The highest BCUT2D eigenvalue weighted by molar-refractivity contribution is 5.87. The van der Waals surface area contributed by atoms with Crippen molar-refractivity contribution in [3.05, 3.63) is 59.4 Å². The Hall–Kier alpha value is -3.09. The Morgan fingerprint density at radius 3 is 2.43 bits per heavy atom. The minimum Gasteiger partial charge on any atom is -0.486 e. The molecule has 3 rings (SSSR count). The summed E-state index contributed by atoms with van der Waals surface area (Å²) in [6, 6.07) is 11.0. The molecule has 0 fully saturated rings. The monoisotopic (exact) mass is 414 g/mol. The number of halogens is 1. The molecule has 1 heterocycles. The van der Waals surface area contributed by atoms with Gasteiger partial charge in [-0.15, -0.1) is 0 Å². The number of ether oxygens (including phenoxy) is 2. The van der Waals surface area contributed by atoms with Crippen LogP contribution < -0.4 is 14.8 Å². The molecular formula is C23H27FN2O4. The molecule has 1 aliphatic rings. The number of nitrogens with zero attached hydrogens (tertiary/aromatic N) is 1. The van der Waals surface area contributed by atoms with E-state index >= 15 is 0 Å². The summed E-state index contributed by atoms with van der Waals surface area (Å²) >= 11 is 0. The lowest BCUT2D eigenvalue weighted by Gasteiger charge is -2.29. The summed E-state index contributed by atoms with van der Waals surface area (Å²) in [7, 11) is 0. The summed E-state index contributed by atoms with van der Waals surface area (Å²) in [5.74, 6) is 0.691. The lowest BCUT2D eigenvalue weighted by Crippen LogP contribution is -2.47. The molecule has 0 aromatic heterocycles. The summed E-state index contributed by atoms with van der Waals surface area (Å²) < 4.78 is 24.4. The van der Waals surface area contributed by atoms with Gasteiger partial charge in [0.25, 0.3) is 0 Å². The number of amides is 2. The number of carbonyl (C=O) groups is 2. The van der Waals surface area contributed by atoms with Crippen LogP contribution in [0.5, 0.6) is 11.5 Å². The summed E-state index contributed by atoms with van der Waals surface area (Å²) in [5.41, 5.74) is 1.72. The SMILES string of the molecule is CCNC(=O)C(C)N(Cc1ccc(F)cc1)C(=O)CCc1ccc2c(c1)OCCO2. The molecule has 30 heavy (non-hydrogen) atoms. The van der Waals surface area contributed by atoms with Crippen molar-refractivity contribution in [1.29, 1.82) is 0 Å². The quantitative estimate of drug-likeness (QED) is 0.721. The summed E-state index contributed by atoms with van der Waals surface area (Å²) in [4.78, 5) is 27.0. The highest BCUT2D eigenvalue weighted by Gasteiger charge is 2.25. The largest absolute Gasteiger partial charge is 0.486 e. The highest BCUT2D eigenvalue weighted by atomic mass is 19.1. The van der Waals surface area contributed by atoms with Crippen molar-refractivity contribution in [2.75, 3.05) is 19.8 Å². The van der Waals surface area contributed by atoms with E-state index in [1.54, 1.807) is 19.1 Å². The Balaban J connectivity index is 1.70. The van der Waals surface area contributed by atoms with Gasteiger partial charge in [-0.2, -0.15) is 0 Å². The molecule has 160 valence electrons. The number of nitrogens with one attached hydrogen (secondary N) is 1. The fraction of sp³-hybridized carbons (Fsp3) is 0.391. The van der Waals surface area contributed by atoms with Crippen molar-refractivity contribution in [3.8, 4) is 11.5 Å². The Bertz CT molecular complexity index is 885. The molecule has 0 radical (unpaired) electrons. The average Bonchev–Trinajstić information content (AvgIpc) is 2.76. The van der Waals surface area contributed by atoms with Crippen LogP contribution in [0.25, 0.3) is 0 Å². The first-order valence-electron chi connectivity index (χ1n) is 10.2. The van der Waals surface area contributed by atoms with Crippen LogP contribution in [0, 0.1) is 5.82 Å². The third-order valence-electron chi connectivity index (χ3n) is 5.02. The van der Waals surface area contributed by atoms with Crippen LogP contribution in [0.1, 0.15) is 31.4 Å². The van der Waals surface area contributed by atoms with Gasteiger partial charge in [-0.3, -0.25) is 9.59 Å². The molecule has 7 heteroatoms. The van der Waals surface area contributed by atoms with Crippen molar-refractivity contribution in [3.63, 3.8) is 0 Å². The Morgan fingerprint density at radius 2 is 1.73 bits per heavy atom. The zero-order valence-electron chi connectivity index (χ0n) is 17.3. The van der Waals surface area contributed by atoms with Crippen LogP contribution >= 0.6 is 0 Å². The van der Waals surface area contributed by atoms with E-state index in [1.165, 1.54) is 17.0 Å². The van der Waals surface area contributed by atoms with Gasteiger partial charge in [-0.05, 0) is 55.7 Å². The fourth-order valence-corrected chi connectivity index (χ4v) is 3.33. The van der Waals surface area contributed by atoms with Crippen molar-refractivity contribution in [1.82, 2.24) is 10.2 Å². The summed E-state index contributed by atoms with van der Waals surface area (Å²) in [6.07, 6.45) is 0.752. The third-order valence-corrected chi connectivity index (χ3v) is 5.02. The van der Waals surface area contributed by atoms with Gasteiger partial charge in [-0.25, -0.2) is 4.39 Å². The minimum absolute atomic E-state index is 0.145. The maximum atomic E-state index is 13.2. The molecule has 1 unspecified atom stereocenters. The molecule has 0 aliphatic carbocycles. The summed E-state index contributed by atoms with van der Waals surface area (Å²) in [5, 5.41) is 2.76. The van der Waals surface area contributed by atoms with Crippen LogP contribution in [0.15, 0.2) is 42.5 Å². The number of hydrogen-bond acceptors (Lipinski definition) is 4. The van der Waals surface area contributed by atoms with E-state index in [0.717, 1.165) is 11.1 Å². The lowest BCUT2D eigenvalue weighted by molar-refractivity contribution is -0.140. The Kier molecular flexibility index (Phi) is 7.27. The van der Waals surface area contributed by atoms with Gasteiger partial charge in [0.2, 0.25) is 11.8 Å². The average molecular weight is 414 g/mol. The molecular weight excluding hydrogens is 387 g/mol. The Morgan fingerprint density at radius 1 is 1.07 bits per heavy atom.